The molecule has 84 valence electrons. The fraction of sp³-hybridized carbons (Fsp3) is 0.538. The van der Waals surface area contributed by atoms with Crippen LogP contribution >= 0.6 is 7.49 Å². The lowest BCUT2D eigenvalue weighted by Crippen LogP contribution is -2.03. The lowest BCUT2D eigenvalue weighted by molar-refractivity contribution is 0.596. The van der Waals surface area contributed by atoms with Gasteiger partial charge in [0.1, 0.15) is 0 Å². The SMILES string of the molecule is CCCCC[P+](C)(C)Oc1ccccc1. The lowest BCUT2D eigenvalue weighted by atomic mass is 10.3. The van der Waals surface area contributed by atoms with Gasteiger partial charge < -0.3 is 4.52 Å². The molecule has 0 spiro atoms. The summed E-state index contributed by atoms with van der Waals surface area (Å²) in [6, 6.07) is 10.2. The molecule has 0 aliphatic rings. The molecule has 0 aliphatic carbocycles. The average molecular weight is 225 g/mol. The predicted molar refractivity (Wildman–Crippen MR) is 70.2 cm³/mol. The molecule has 0 heterocycles. The van der Waals surface area contributed by atoms with E-state index in [1.54, 1.807) is 0 Å². The quantitative estimate of drug-likeness (QED) is 0.513. The topological polar surface area (TPSA) is 9.23 Å². The summed E-state index contributed by atoms with van der Waals surface area (Å²) in [5, 5.41) is 0. The van der Waals surface area contributed by atoms with Crippen molar-refractivity contribution in [3.05, 3.63) is 30.3 Å². The van der Waals surface area contributed by atoms with Gasteiger partial charge in [-0.2, -0.15) is 0 Å². The molecule has 0 fully saturated rings. The molecule has 0 saturated carbocycles. The number of rotatable bonds is 6. The van der Waals surface area contributed by atoms with Crippen LogP contribution in [0, 0.1) is 0 Å². The summed E-state index contributed by atoms with van der Waals surface area (Å²) in [7, 11) is -1.19. The van der Waals surface area contributed by atoms with Gasteiger partial charge in [0.25, 0.3) is 0 Å². The van der Waals surface area contributed by atoms with Crippen LogP contribution in [0.15, 0.2) is 30.3 Å². The van der Waals surface area contributed by atoms with Gasteiger partial charge in [0, 0.05) is 0 Å². The van der Waals surface area contributed by atoms with Crippen LogP contribution in [0.3, 0.4) is 0 Å². The van der Waals surface area contributed by atoms with Gasteiger partial charge >= 0.3 is 0 Å². The first-order chi connectivity index (χ1) is 7.14. The molecule has 0 radical (unpaired) electrons. The third-order valence-corrected chi connectivity index (χ3v) is 4.49. The Kier molecular flexibility index (Phi) is 5.11. The highest BCUT2D eigenvalue weighted by molar-refractivity contribution is 7.70. The van der Waals surface area contributed by atoms with Crippen LogP contribution < -0.4 is 4.52 Å². The molecule has 0 N–H and O–H groups in total. The number of benzene rings is 1. The summed E-state index contributed by atoms with van der Waals surface area (Å²) >= 11 is 0. The fourth-order valence-electron chi connectivity index (χ4n) is 1.55. The Bertz CT molecular complexity index is 269. The number of hydrogen-bond acceptors (Lipinski definition) is 1. The first kappa shape index (κ1) is 12.5. The third-order valence-electron chi connectivity index (χ3n) is 2.40. The molecule has 0 atom stereocenters. The van der Waals surface area contributed by atoms with Crippen molar-refractivity contribution in [2.45, 2.75) is 26.2 Å². The van der Waals surface area contributed by atoms with Crippen molar-refractivity contribution >= 4 is 7.49 Å². The summed E-state index contributed by atoms with van der Waals surface area (Å²) < 4.78 is 6.06. The third kappa shape index (κ3) is 5.18. The minimum absolute atomic E-state index is 1.02. The van der Waals surface area contributed by atoms with Crippen molar-refractivity contribution < 1.29 is 4.52 Å². The van der Waals surface area contributed by atoms with E-state index < -0.39 is 7.49 Å². The van der Waals surface area contributed by atoms with Gasteiger partial charge in [0.15, 0.2) is 13.2 Å². The molecule has 1 aromatic rings. The van der Waals surface area contributed by atoms with Crippen LogP contribution in [0.2, 0.25) is 0 Å². The lowest BCUT2D eigenvalue weighted by Gasteiger charge is -2.17. The van der Waals surface area contributed by atoms with Crippen molar-refractivity contribution in [3.63, 3.8) is 0 Å². The molecule has 15 heavy (non-hydrogen) atoms. The molecule has 0 aliphatic heterocycles. The predicted octanol–water partition coefficient (Wildman–Crippen LogP) is 4.45. The number of hydrogen-bond donors (Lipinski definition) is 0. The van der Waals surface area contributed by atoms with Crippen LogP contribution in [-0.2, 0) is 0 Å². The minimum Gasteiger partial charge on any atom is -0.351 e. The van der Waals surface area contributed by atoms with E-state index in [1.807, 2.05) is 30.3 Å². The maximum Gasteiger partial charge on any atom is 0.185 e. The average Bonchev–Trinajstić information content (AvgIpc) is 2.18. The summed E-state index contributed by atoms with van der Waals surface area (Å²) in [5.74, 6) is 1.02. The van der Waals surface area contributed by atoms with E-state index in [-0.39, 0.29) is 0 Å². The van der Waals surface area contributed by atoms with Crippen molar-refractivity contribution in [2.75, 3.05) is 19.5 Å². The molecule has 2 heteroatoms. The molecule has 0 bridgehead atoms. The molecule has 1 aromatic carbocycles. The first-order valence-corrected chi connectivity index (χ1v) is 8.50. The zero-order chi connectivity index (χ0) is 11.1. The molecule has 0 aromatic heterocycles. The van der Waals surface area contributed by atoms with Gasteiger partial charge in [0.2, 0.25) is 0 Å². The van der Waals surface area contributed by atoms with E-state index in [1.165, 1.54) is 25.4 Å². The van der Waals surface area contributed by atoms with Crippen molar-refractivity contribution in [1.82, 2.24) is 0 Å². The molecule has 1 nitrogen and oxygen atoms in total. The second kappa shape index (κ2) is 6.12. The molecular weight excluding hydrogens is 203 g/mol. The molecule has 1 rings (SSSR count). The maximum absolute atomic E-state index is 6.06. The van der Waals surface area contributed by atoms with Gasteiger partial charge in [0.05, 0.1) is 19.5 Å². The second-order valence-electron chi connectivity index (χ2n) is 4.41. The molecular formula is C13H22OP+. The smallest absolute Gasteiger partial charge is 0.185 e. The minimum atomic E-state index is -1.19. The van der Waals surface area contributed by atoms with Crippen LogP contribution in [-0.4, -0.2) is 19.5 Å². The summed E-state index contributed by atoms with van der Waals surface area (Å²) in [5.41, 5.74) is 0. The van der Waals surface area contributed by atoms with Crippen LogP contribution in [0.25, 0.3) is 0 Å². The van der Waals surface area contributed by atoms with Crippen molar-refractivity contribution in [2.24, 2.45) is 0 Å². The standard InChI is InChI=1S/C13H22OP/c1-4-5-9-12-15(2,3)14-13-10-7-6-8-11-13/h6-8,10-11H,4-5,9,12H2,1-3H3/q+1. The Hall–Kier alpha value is -0.550. The Morgan fingerprint density at radius 3 is 2.33 bits per heavy atom. The van der Waals surface area contributed by atoms with E-state index in [2.05, 4.69) is 20.3 Å². The van der Waals surface area contributed by atoms with Gasteiger partial charge in [-0.3, -0.25) is 0 Å². The Morgan fingerprint density at radius 1 is 1.07 bits per heavy atom. The molecule has 0 saturated heterocycles. The normalized spacial score (nSPS) is 11.4. The van der Waals surface area contributed by atoms with E-state index in [4.69, 9.17) is 4.52 Å². The summed E-state index contributed by atoms with van der Waals surface area (Å²) in [6.07, 6.45) is 5.13. The van der Waals surface area contributed by atoms with Gasteiger partial charge in [-0.25, -0.2) is 0 Å². The maximum atomic E-state index is 6.06. The van der Waals surface area contributed by atoms with Crippen LogP contribution in [0.1, 0.15) is 26.2 Å². The Labute approximate surface area is 94.3 Å². The van der Waals surface area contributed by atoms with Gasteiger partial charge in [-0.15, -0.1) is 0 Å². The monoisotopic (exact) mass is 225 g/mol. The van der Waals surface area contributed by atoms with Gasteiger partial charge in [-0.1, -0.05) is 31.5 Å². The van der Waals surface area contributed by atoms with Crippen molar-refractivity contribution in [3.8, 4) is 5.75 Å². The molecule has 0 unspecified atom stereocenters. The first-order valence-electron chi connectivity index (χ1n) is 5.72. The highest BCUT2D eigenvalue weighted by atomic mass is 31.2. The van der Waals surface area contributed by atoms with Gasteiger partial charge in [-0.05, 0) is 25.0 Å². The van der Waals surface area contributed by atoms with Crippen LogP contribution in [0.4, 0.5) is 0 Å². The van der Waals surface area contributed by atoms with E-state index in [9.17, 15) is 0 Å². The Morgan fingerprint density at radius 2 is 1.73 bits per heavy atom. The Balaban J connectivity index is 2.42. The summed E-state index contributed by atoms with van der Waals surface area (Å²) in [4.78, 5) is 0. The zero-order valence-corrected chi connectivity index (χ0v) is 11.0. The summed E-state index contributed by atoms with van der Waals surface area (Å²) in [6.45, 7) is 6.79. The zero-order valence-electron chi connectivity index (χ0n) is 10.1. The molecule has 0 amide bonds. The van der Waals surface area contributed by atoms with E-state index >= 15 is 0 Å². The highest BCUT2D eigenvalue weighted by Gasteiger charge is 2.27. The number of para-hydroxylation sites is 1. The highest BCUT2D eigenvalue weighted by Crippen LogP contribution is 2.52. The van der Waals surface area contributed by atoms with Crippen LogP contribution in [0.5, 0.6) is 5.75 Å². The second-order valence-corrected chi connectivity index (χ2v) is 8.19. The number of unbranched alkanes of at least 4 members (excludes halogenated alkanes) is 2. The fourth-order valence-corrected chi connectivity index (χ4v) is 3.32. The van der Waals surface area contributed by atoms with E-state index in [0.29, 0.717) is 0 Å². The largest absolute Gasteiger partial charge is 0.351 e. The van der Waals surface area contributed by atoms with E-state index in [0.717, 1.165) is 5.75 Å². The van der Waals surface area contributed by atoms with Crippen molar-refractivity contribution in [1.29, 1.82) is 0 Å².